The predicted molar refractivity (Wildman–Crippen MR) is 86.5 cm³/mol. The van der Waals surface area contributed by atoms with Gasteiger partial charge in [0.25, 0.3) is 0 Å². The maximum atomic E-state index is 12.5. The Morgan fingerprint density at radius 3 is 2.71 bits per heavy atom. The van der Waals surface area contributed by atoms with Gasteiger partial charge in [0.05, 0.1) is 0 Å². The van der Waals surface area contributed by atoms with Crippen molar-refractivity contribution in [3.63, 3.8) is 0 Å². The molecule has 2 aliphatic rings. The van der Waals surface area contributed by atoms with Crippen LogP contribution in [0.2, 0.25) is 0 Å². The maximum absolute atomic E-state index is 12.5. The van der Waals surface area contributed by atoms with E-state index in [-0.39, 0.29) is 5.91 Å². The molecule has 1 unspecified atom stereocenters. The van der Waals surface area contributed by atoms with Gasteiger partial charge in [0.2, 0.25) is 5.91 Å². The van der Waals surface area contributed by atoms with Crippen LogP contribution in [0, 0.1) is 5.92 Å². The molecule has 0 aromatic heterocycles. The molecule has 1 aromatic carbocycles. The third kappa shape index (κ3) is 3.13. The highest BCUT2D eigenvalue weighted by molar-refractivity contribution is 5.94. The van der Waals surface area contributed by atoms with Gasteiger partial charge in [-0.25, -0.2) is 0 Å². The minimum atomic E-state index is 0.290. The highest BCUT2D eigenvalue weighted by atomic mass is 16.2. The van der Waals surface area contributed by atoms with Crippen LogP contribution in [0.3, 0.4) is 0 Å². The van der Waals surface area contributed by atoms with E-state index in [0.29, 0.717) is 12.5 Å². The average Bonchev–Trinajstić information content (AvgIpc) is 2.98. The van der Waals surface area contributed by atoms with E-state index in [1.807, 2.05) is 18.0 Å². The number of carbonyl (C=O) groups excluding carboxylic acids is 1. The number of nitrogens with one attached hydrogen (secondary N) is 1. The summed E-state index contributed by atoms with van der Waals surface area (Å²) in [7, 11) is 2.04. The number of aryl methyl sites for hydroxylation is 1. The van der Waals surface area contributed by atoms with Crippen molar-refractivity contribution >= 4 is 11.6 Å². The monoisotopic (exact) mass is 286 g/mol. The van der Waals surface area contributed by atoms with Gasteiger partial charge in [-0.3, -0.25) is 4.79 Å². The molecule has 1 atom stereocenters. The number of anilines is 1. The largest absolute Gasteiger partial charge is 0.315 e. The lowest BCUT2D eigenvalue weighted by molar-refractivity contribution is -0.118. The molecule has 1 aliphatic heterocycles. The van der Waals surface area contributed by atoms with Gasteiger partial charge in [0, 0.05) is 24.7 Å². The van der Waals surface area contributed by atoms with Crippen molar-refractivity contribution in [2.75, 3.05) is 18.5 Å². The molecular weight excluding hydrogens is 260 g/mol. The summed E-state index contributed by atoms with van der Waals surface area (Å²) in [6, 6.07) is 8.83. The Hall–Kier alpha value is -1.35. The van der Waals surface area contributed by atoms with Gasteiger partial charge in [0.15, 0.2) is 0 Å². The fourth-order valence-corrected chi connectivity index (χ4v) is 3.92. The number of likely N-dealkylation sites (N-methyl/N-ethyl adjacent to an activating group) is 1. The van der Waals surface area contributed by atoms with Gasteiger partial charge in [-0.15, -0.1) is 0 Å². The third-order valence-electron chi connectivity index (χ3n) is 5.14. The number of hydrogen-bond donors (Lipinski definition) is 1. The molecule has 1 fully saturated rings. The van der Waals surface area contributed by atoms with Crippen LogP contribution >= 0.6 is 0 Å². The van der Waals surface area contributed by atoms with E-state index in [9.17, 15) is 4.79 Å². The van der Waals surface area contributed by atoms with Gasteiger partial charge in [-0.2, -0.15) is 0 Å². The standard InChI is InChI=1S/C18H26N2O/c1-19-16(14-7-2-3-8-14)13-20-17-11-5-4-9-15(17)10-6-12-18(20)21/h4-5,9,11,14,16,19H,2-3,6-8,10,12-13H2,1H3. The topological polar surface area (TPSA) is 32.3 Å². The fourth-order valence-electron chi connectivity index (χ4n) is 3.92. The highest BCUT2D eigenvalue weighted by Crippen LogP contribution is 2.31. The van der Waals surface area contributed by atoms with E-state index in [0.717, 1.165) is 31.0 Å². The molecule has 0 saturated heterocycles. The van der Waals surface area contributed by atoms with Gasteiger partial charge in [-0.1, -0.05) is 31.0 Å². The van der Waals surface area contributed by atoms with Gasteiger partial charge < -0.3 is 10.2 Å². The summed E-state index contributed by atoms with van der Waals surface area (Å²) in [5.41, 5.74) is 2.46. The molecule has 1 saturated carbocycles. The summed E-state index contributed by atoms with van der Waals surface area (Å²) in [5, 5.41) is 3.47. The summed E-state index contributed by atoms with van der Waals surface area (Å²) >= 11 is 0. The van der Waals surface area contributed by atoms with E-state index in [1.165, 1.54) is 31.2 Å². The van der Waals surface area contributed by atoms with Gasteiger partial charge in [0.1, 0.15) is 0 Å². The van der Waals surface area contributed by atoms with Crippen LogP contribution in [-0.4, -0.2) is 25.5 Å². The molecule has 0 bridgehead atoms. The van der Waals surface area contributed by atoms with Crippen LogP contribution in [0.4, 0.5) is 5.69 Å². The minimum absolute atomic E-state index is 0.290. The fraction of sp³-hybridized carbons (Fsp3) is 0.611. The van der Waals surface area contributed by atoms with E-state index in [2.05, 4.69) is 23.5 Å². The van der Waals surface area contributed by atoms with E-state index in [4.69, 9.17) is 0 Å². The molecule has 1 amide bonds. The predicted octanol–water partition coefficient (Wildman–Crippen LogP) is 3.13. The van der Waals surface area contributed by atoms with Gasteiger partial charge >= 0.3 is 0 Å². The molecule has 1 N–H and O–H groups in total. The van der Waals surface area contributed by atoms with Gasteiger partial charge in [-0.05, 0) is 50.3 Å². The number of amides is 1. The molecule has 0 radical (unpaired) electrons. The Morgan fingerprint density at radius 2 is 1.95 bits per heavy atom. The first-order chi connectivity index (χ1) is 10.3. The Labute approximate surface area is 127 Å². The number of fused-ring (bicyclic) bond motifs is 1. The summed E-state index contributed by atoms with van der Waals surface area (Å²) in [6.07, 6.45) is 7.95. The summed E-state index contributed by atoms with van der Waals surface area (Å²) in [5.74, 6) is 1.01. The zero-order chi connectivity index (χ0) is 14.7. The molecule has 1 aliphatic carbocycles. The van der Waals surface area contributed by atoms with Crippen LogP contribution in [0.25, 0.3) is 0 Å². The van der Waals surface area contributed by atoms with Crippen molar-refractivity contribution in [1.82, 2.24) is 5.32 Å². The molecule has 21 heavy (non-hydrogen) atoms. The minimum Gasteiger partial charge on any atom is -0.315 e. The Kier molecular flexibility index (Phi) is 4.59. The molecule has 3 rings (SSSR count). The van der Waals surface area contributed by atoms with Crippen LogP contribution in [0.1, 0.15) is 44.1 Å². The van der Waals surface area contributed by atoms with Crippen molar-refractivity contribution in [3.05, 3.63) is 29.8 Å². The molecule has 3 nitrogen and oxygen atoms in total. The molecule has 1 heterocycles. The summed E-state index contributed by atoms with van der Waals surface area (Å²) in [6.45, 7) is 0.816. The summed E-state index contributed by atoms with van der Waals surface area (Å²) in [4.78, 5) is 14.6. The lowest BCUT2D eigenvalue weighted by Gasteiger charge is -2.31. The number of hydrogen-bond acceptors (Lipinski definition) is 2. The lowest BCUT2D eigenvalue weighted by atomic mass is 9.97. The zero-order valence-corrected chi connectivity index (χ0v) is 13.0. The second-order valence-corrected chi connectivity index (χ2v) is 6.43. The quantitative estimate of drug-likeness (QED) is 0.922. The highest BCUT2D eigenvalue weighted by Gasteiger charge is 2.29. The van der Waals surface area contributed by atoms with Crippen molar-refractivity contribution in [1.29, 1.82) is 0 Å². The van der Waals surface area contributed by atoms with Crippen molar-refractivity contribution in [3.8, 4) is 0 Å². The second kappa shape index (κ2) is 6.61. The Bertz CT molecular complexity index is 494. The van der Waals surface area contributed by atoms with E-state index >= 15 is 0 Å². The normalized spacial score (nSPS) is 21.2. The lowest BCUT2D eigenvalue weighted by Crippen LogP contribution is -2.46. The molecule has 0 spiro atoms. The number of nitrogens with zero attached hydrogens (tertiary/aromatic N) is 1. The first-order valence-corrected chi connectivity index (χ1v) is 8.35. The Morgan fingerprint density at radius 1 is 1.19 bits per heavy atom. The average molecular weight is 286 g/mol. The van der Waals surface area contributed by atoms with E-state index < -0.39 is 0 Å². The summed E-state index contributed by atoms with van der Waals surface area (Å²) < 4.78 is 0. The first-order valence-electron chi connectivity index (χ1n) is 8.35. The molecule has 114 valence electrons. The third-order valence-corrected chi connectivity index (χ3v) is 5.14. The van der Waals surface area contributed by atoms with Crippen molar-refractivity contribution in [2.45, 2.75) is 51.0 Å². The number of para-hydroxylation sites is 1. The smallest absolute Gasteiger partial charge is 0.227 e. The first kappa shape index (κ1) is 14.6. The van der Waals surface area contributed by atoms with Crippen molar-refractivity contribution in [2.24, 2.45) is 5.92 Å². The second-order valence-electron chi connectivity index (χ2n) is 6.43. The van der Waals surface area contributed by atoms with Crippen LogP contribution in [0.5, 0.6) is 0 Å². The van der Waals surface area contributed by atoms with E-state index in [1.54, 1.807) is 0 Å². The van der Waals surface area contributed by atoms with Crippen molar-refractivity contribution < 1.29 is 4.79 Å². The molecule has 1 aromatic rings. The zero-order valence-electron chi connectivity index (χ0n) is 13.0. The maximum Gasteiger partial charge on any atom is 0.227 e. The number of carbonyl (C=O) groups is 1. The van der Waals surface area contributed by atoms with Crippen LogP contribution in [0.15, 0.2) is 24.3 Å². The number of rotatable bonds is 4. The van der Waals surface area contributed by atoms with Crippen LogP contribution < -0.4 is 10.2 Å². The Balaban J connectivity index is 1.83. The molecular formula is C18H26N2O. The van der Waals surface area contributed by atoms with Crippen LogP contribution in [-0.2, 0) is 11.2 Å². The molecule has 3 heteroatoms. The number of benzene rings is 1. The SMILES string of the molecule is CNC(CN1C(=O)CCCc2ccccc21)C1CCCC1.